The first-order chi connectivity index (χ1) is 18.6. The maximum atomic E-state index is 12.3. The number of methoxy groups -OCH3 is 1. The number of nitrogens with zero attached hydrogens (tertiary/aromatic N) is 3. The topological polar surface area (TPSA) is 64.8 Å². The van der Waals surface area contributed by atoms with Crippen molar-refractivity contribution in [2.75, 3.05) is 7.11 Å². The Hall–Kier alpha value is -3.71. The van der Waals surface area contributed by atoms with Crippen molar-refractivity contribution in [3.63, 3.8) is 0 Å². The number of H-pyrrole nitrogens is 1. The number of ether oxygens (including phenoxy) is 1. The average molecular weight is 525 g/mol. The molecule has 0 radical (unpaired) electrons. The fraction of sp³-hybridized carbons (Fsp3) is 0.323. The van der Waals surface area contributed by atoms with E-state index in [1.807, 2.05) is 24.3 Å². The van der Waals surface area contributed by atoms with Gasteiger partial charge in [-0.15, -0.1) is 0 Å². The molecule has 1 aliphatic rings. The van der Waals surface area contributed by atoms with Gasteiger partial charge >= 0.3 is 5.97 Å². The number of esters is 1. The van der Waals surface area contributed by atoms with Crippen LogP contribution in [-0.2, 0) is 11.3 Å². The summed E-state index contributed by atoms with van der Waals surface area (Å²) < 4.78 is 10.3. The van der Waals surface area contributed by atoms with Crippen LogP contribution >= 0.6 is 12.2 Å². The second kappa shape index (κ2) is 10.6. The Morgan fingerprint density at radius 3 is 2.53 bits per heavy atom. The molecule has 0 saturated heterocycles. The van der Waals surface area contributed by atoms with Crippen LogP contribution in [0.4, 0.5) is 0 Å². The number of benzene rings is 3. The van der Waals surface area contributed by atoms with Gasteiger partial charge in [-0.3, -0.25) is 0 Å². The normalized spacial score (nSPS) is 15.0. The van der Waals surface area contributed by atoms with Gasteiger partial charge in [0.05, 0.1) is 41.3 Å². The van der Waals surface area contributed by atoms with E-state index in [2.05, 4.69) is 56.6 Å². The molecule has 0 spiro atoms. The molecule has 1 fully saturated rings. The third-order valence-corrected chi connectivity index (χ3v) is 8.09. The van der Waals surface area contributed by atoms with Crippen molar-refractivity contribution in [1.29, 1.82) is 0 Å². The zero-order chi connectivity index (χ0) is 26.1. The van der Waals surface area contributed by atoms with Gasteiger partial charge < -0.3 is 18.9 Å². The van der Waals surface area contributed by atoms with Crippen LogP contribution in [0.25, 0.3) is 33.5 Å². The second-order valence-corrected chi connectivity index (χ2v) is 10.6. The molecule has 2 aromatic heterocycles. The van der Waals surface area contributed by atoms with Crippen molar-refractivity contribution in [1.82, 2.24) is 19.1 Å². The number of hydrogen-bond acceptors (Lipinski definition) is 4. The summed E-state index contributed by atoms with van der Waals surface area (Å²) in [6.45, 7) is 0.673. The number of fused-ring (bicyclic) bond motifs is 2. The van der Waals surface area contributed by atoms with Gasteiger partial charge in [-0.05, 0) is 61.0 Å². The van der Waals surface area contributed by atoms with Crippen LogP contribution in [0.5, 0.6) is 0 Å². The van der Waals surface area contributed by atoms with E-state index in [0.717, 1.165) is 46.3 Å². The lowest BCUT2D eigenvalue weighted by molar-refractivity contribution is 0.0601. The Morgan fingerprint density at radius 1 is 1.00 bits per heavy atom. The molecule has 194 valence electrons. The summed E-state index contributed by atoms with van der Waals surface area (Å²) in [7, 11) is 1.41. The lowest BCUT2D eigenvalue weighted by Gasteiger charge is -2.24. The number of carbonyl (C=O) groups excluding carboxylic acids is 1. The molecule has 2 heterocycles. The Labute approximate surface area is 227 Å². The minimum absolute atomic E-state index is 0.346. The number of imidazole rings is 2. The van der Waals surface area contributed by atoms with Crippen LogP contribution in [-0.4, -0.2) is 32.2 Å². The van der Waals surface area contributed by atoms with E-state index < -0.39 is 0 Å². The fourth-order valence-corrected chi connectivity index (χ4v) is 6.18. The highest BCUT2D eigenvalue weighted by atomic mass is 32.1. The Balaban J connectivity index is 1.58. The summed E-state index contributed by atoms with van der Waals surface area (Å²) in [5.74, 6) is 0.576. The summed E-state index contributed by atoms with van der Waals surface area (Å²) in [5, 5.41) is 0. The maximum Gasteiger partial charge on any atom is 0.337 e. The van der Waals surface area contributed by atoms with Crippen molar-refractivity contribution in [3.05, 3.63) is 82.6 Å². The summed E-state index contributed by atoms with van der Waals surface area (Å²) in [5.41, 5.74) is 6.66. The third-order valence-electron chi connectivity index (χ3n) is 7.77. The predicted molar refractivity (Wildman–Crippen MR) is 154 cm³/mol. The first-order valence-corrected chi connectivity index (χ1v) is 13.9. The maximum absolute atomic E-state index is 12.3. The number of hydrogen-bond donors (Lipinski definition) is 1. The highest BCUT2D eigenvalue weighted by Gasteiger charge is 2.24. The highest BCUT2D eigenvalue weighted by molar-refractivity contribution is 7.71. The van der Waals surface area contributed by atoms with Crippen LogP contribution in [0, 0.1) is 4.77 Å². The highest BCUT2D eigenvalue weighted by Crippen LogP contribution is 2.37. The monoisotopic (exact) mass is 524 g/mol. The summed E-state index contributed by atoms with van der Waals surface area (Å²) in [6.07, 6.45) is 8.53. The summed E-state index contributed by atoms with van der Waals surface area (Å²) in [4.78, 5) is 20.9. The standard InChI is InChI=1S/C31H32N4O2S/c1-37-30(36)22-17-18-27-26(19-22)32-29(35(27)23-13-8-3-2-4-9-14-23)24-15-10-16-25-28(24)34(31(38)33-25)20-21-11-6-5-7-12-21/h5-7,10-12,15-19,23H,2-4,8-9,13-14,20H2,1H3,(H,33,38). The van der Waals surface area contributed by atoms with Gasteiger partial charge in [-0.25, -0.2) is 9.78 Å². The number of aromatic nitrogens is 4. The Morgan fingerprint density at radius 2 is 1.76 bits per heavy atom. The van der Waals surface area contributed by atoms with Gasteiger partial charge in [-0.2, -0.15) is 0 Å². The van der Waals surface area contributed by atoms with Gasteiger partial charge in [0, 0.05) is 11.6 Å². The van der Waals surface area contributed by atoms with E-state index in [0.29, 0.717) is 22.9 Å². The second-order valence-electron chi connectivity index (χ2n) is 10.2. The van der Waals surface area contributed by atoms with Crippen molar-refractivity contribution < 1.29 is 9.53 Å². The zero-order valence-electron chi connectivity index (χ0n) is 21.7. The molecule has 5 aromatic rings. The molecular formula is C31H32N4O2S. The number of aromatic amines is 1. The lowest BCUT2D eigenvalue weighted by atomic mass is 9.96. The predicted octanol–water partition coefficient (Wildman–Crippen LogP) is 7.84. The van der Waals surface area contributed by atoms with E-state index in [9.17, 15) is 4.79 Å². The van der Waals surface area contributed by atoms with Crippen molar-refractivity contribution in [2.45, 2.75) is 57.5 Å². The molecule has 7 heteroatoms. The molecule has 3 aromatic carbocycles. The quantitative estimate of drug-likeness (QED) is 0.188. The minimum Gasteiger partial charge on any atom is -0.465 e. The number of rotatable bonds is 5. The number of nitrogens with one attached hydrogen (secondary N) is 1. The molecule has 6 rings (SSSR count). The van der Waals surface area contributed by atoms with Gasteiger partial charge in [0.15, 0.2) is 4.77 Å². The minimum atomic E-state index is -0.349. The van der Waals surface area contributed by atoms with Crippen molar-refractivity contribution >= 4 is 40.3 Å². The first kappa shape index (κ1) is 24.6. The Bertz CT molecular complexity index is 1660. The molecule has 38 heavy (non-hydrogen) atoms. The number of carbonyl (C=O) groups is 1. The fourth-order valence-electron chi connectivity index (χ4n) is 5.91. The van der Waals surface area contributed by atoms with Crippen molar-refractivity contribution in [2.24, 2.45) is 0 Å². The molecule has 1 saturated carbocycles. The van der Waals surface area contributed by atoms with Crippen LogP contribution in [0.2, 0.25) is 0 Å². The smallest absolute Gasteiger partial charge is 0.337 e. The van der Waals surface area contributed by atoms with Gasteiger partial charge in [-0.1, -0.05) is 68.5 Å². The Kier molecular flexibility index (Phi) is 6.85. The SMILES string of the molecule is COC(=O)c1ccc2c(c1)nc(-c1cccc3[nH]c(=S)n(Cc4ccccc4)c13)n2C1CCCCCCC1. The lowest BCUT2D eigenvalue weighted by Crippen LogP contribution is -2.13. The molecule has 1 N–H and O–H groups in total. The average Bonchev–Trinajstić information content (AvgIpc) is 3.45. The van der Waals surface area contributed by atoms with Gasteiger partial charge in [0.2, 0.25) is 0 Å². The van der Waals surface area contributed by atoms with E-state index in [4.69, 9.17) is 21.9 Å². The molecule has 0 aliphatic heterocycles. The first-order valence-electron chi connectivity index (χ1n) is 13.5. The molecule has 0 bridgehead atoms. The van der Waals surface area contributed by atoms with Crippen LogP contribution < -0.4 is 0 Å². The van der Waals surface area contributed by atoms with Gasteiger partial charge in [0.1, 0.15) is 5.82 Å². The zero-order valence-corrected chi connectivity index (χ0v) is 22.5. The van der Waals surface area contributed by atoms with Crippen LogP contribution in [0.3, 0.4) is 0 Å². The van der Waals surface area contributed by atoms with Crippen LogP contribution in [0.15, 0.2) is 66.7 Å². The molecule has 0 amide bonds. The van der Waals surface area contributed by atoms with E-state index >= 15 is 0 Å². The summed E-state index contributed by atoms with van der Waals surface area (Å²) in [6, 6.07) is 22.8. The van der Waals surface area contributed by atoms with Crippen molar-refractivity contribution in [3.8, 4) is 11.4 Å². The van der Waals surface area contributed by atoms with Gasteiger partial charge in [0.25, 0.3) is 0 Å². The van der Waals surface area contributed by atoms with E-state index in [1.54, 1.807) is 0 Å². The molecule has 1 aliphatic carbocycles. The largest absolute Gasteiger partial charge is 0.465 e. The molecule has 6 nitrogen and oxygen atoms in total. The van der Waals surface area contributed by atoms with E-state index in [1.165, 1.54) is 44.8 Å². The van der Waals surface area contributed by atoms with E-state index in [-0.39, 0.29) is 5.97 Å². The molecule has 0 atom stereocenters. The molecular weight excluding hydrogens is 492 g/mol. The third kappa shape index (κ3) is 4.56. The number of para-hydroxylation sites is 1. The molecule has 0 unspecified atom stereocenters. The summed E-state index contributed by atoms with van der Waals surface area (Å²) >= 11 is 5.80. The van der Waals surface area contributed by atoms with Crippen LogP contribution in [0.1, 0.15) is 66.9 Å².